The Morgan fingerprint density at radius 2 is 1.68 bits per heavy atom. The van der Waals surface area contributed by atoms with E-state index >= 15 is 0 Å². The molecule has 0 unspecified atom stereocenters. The highest BCUT2D eigenvalue weighted by atomic mass is 16.1. The van der Waals surface area contributed by atoms with Crippen LogP contribution in [0.3, 0.4) is 0 Å². The lowest BCUT2D eigenvalue weighted by molar-refractivity contribution is 0.102. The minimum atomic E-state index is -0.499. The molecule has 6 heteroatoms. The Labute approximate surface area is 163 Å². The topological polar surface area (TPSA) is 102 Å². The first-order chi connectivity index (χ1) is 13.4. The number of amides is 1. The number of carbonyl (C=O) groups excluding carboxylic acids is 1. The van der Waals surface area contributed by atoms with Crippen LogP contribution >= 0.6 is 0 Å². The van der Waals surface area contributed by atoms with Gasteiger partial charge in [-0.05, 0) is 50.6 Å². The Bertz CT molecular complexity index is 1060. The summed E-state index contributed by atoms with van der Waals surface area (Å²) in [6.07, 6.45) is 0. The van der Waals surface area contributed by atoms with Gasteiger partial charge in [0.25, 0.3) is 5.91 Å². The van der Waals surface area contributed by atoms with Crippen LogP contribution in [0.15, 0.2) is 65.0 Å². The molecule has 6 nitrogen and oxygen atoms in total. The number of anilines is 1. The van der Waals surface area contributed by atoms with E-state index < -0.39 is 5.92 Å². The van der Waals surface area contributed by atoms with Gasteiger partial charge in [0.1, 0.15) is 5.82 Å². The highest BCUT2D eigenvalue weighted by Crippen LogP contribution is 2.37. The van der Waals surface area contributed by atoms with Crippen molar-refractivity contribution in [3.8, 4) is 12.1 Å². The maximum absolute atomic E-state index is 12.7. The number of aryl methyl sites for hydroxylation is 1. The van der Waals surface area contributed by atoms with Crippen molar-refractivity contribution in [3.05, 3.63) is 81.8 Å². The van der Waals surface area contributed by atoms with E-state index in [-0.39, 0.29) is 5.91 Å². The molecule has 2 heterocycles. The zero-order valence-electron chi connectivity index (χ0n) is 15.9. The van der Waals surface area contributed by atoms with Crippen LogP contribution in [0.25, 0.3) is 0 Å². The molecule has 0 saturated carbocycles. The summed E-state index contributed by atoms with van der Waals surface area (Å²) in [6, 6.07) is 16.8. The molecule has 2 aromatic rings. The quantitative estimate of drug-likeness (QED) is 0.854. The zero-order valence-corrected chi connectivity index (χ0v) is 15.9. The van der Waals surface area contributed by atoms with Crippen molar-refractivity contribution in [2.24, 2.45) is 0 Å². The standard InChI is InChI=1S/C22H19N5O/c1-13-6-4-9-20(25-13)27-22(28)17-8-5-7-16(10-17)21-18(11-23)14(2)26-15(3)19(21)12-24/h4-10,21,26H,1-3H3,(H,25,27,28). The number of nitrogens with one attached hydrogen (secondary N) is 2. The summed E-state index contributed by atoms with van der Waals surface area (Å²) in [5, 5.41) is 25.1. The normalized spacial score (nSPS) is 14.2. The maximum Gasteiger partial charge on any atom is 0.256 e. The second kappa shape index (κ2) is 7.77. The Balaban J connectivity index is 1.98. The molecule has 0 aliphatic carbocycles. The largest absolute Gasteiger partial charge is 0.361 e. The summed E-state index contributed by atoms with van der Waals surface area (Å²) in [4.78, 5) is 17.0. The molecule has 1 aliphatic heterocycles. The van der Waals surface area contributed by atoms with E-state index in [1.54, 1.807) is 24.3 Å². The van der Waals surface area contributed by atoms with Gasteiger partial charge in [-0.2, -0.15) is 10.5 Å². The third-order valence-corrected chi connectivity index (χ3v) is 4.61. The predicted octanol–water partition coefficient (Wildman–Crippen LogP) is 3.92. The van der Waals surface area contributed by atoms with Gasteiger partial charge in [-0.3, -0.25) is 4.79 Å². The highest BCUT2D eigenvalue weighted by Gasteiger charge is 2.29. The van der Waals surface area contributed by atoms with Crippen molar-refractivity contribution in [1.82, 2.24) is 10.3 Å². The average Bonchev–Trinajstić information content (AvgIpc) is 2.67. The molecule has 0 saturated heterocycles. The molecule has 0 spiro atoms. The first-order valence-electron chi connectivity index (χ1n) is 8.78. The fraction of sp³-hybridized carbons (Fsp3) is 0.182. The third kappa shape index (κ3) is 3.62. The smallest absolute Gasteiger partial charge is 0.256 e. The molecule has 1 aromatic carbocycles. The summed E-state index contributed by atoms with van der Waals surface area (Å²) in [5.74, 6) is -0.326. The number of dihydropyridines is 1. The van der Waals surface area contributed by atoms with Crippen molar-refractivity contribution in [3.63, 3.8) is 0 Å². The molecule has 0 atom stereocenters. The van der Waals surface area contributed by atoms with E-state index in [1.807, 2.05) is 39.0 Å². The van der Waals surface area contributed by atoms with Crippen LogP contribution in [0, 0.1) is 29.6 Å². The SMILES string of the molecule is CC1=C(C#N)C(c2cccc(C(=O)Nc3cccc(C)n3)c2)C(C#N)=C(C)N1. The van der Waals surface area contributed by atoms with E-state index in [2.05, 4.69) is 27.8 Å². The summed E-state index contributed by atoms with van der Waals surface area (Å²) < 4.78 is 0. The second-order valence-electron chi connectivity index (χ2n) is 6.60. The summed E-state index contributed by atoms with van der Waals surface area (Å²) in [5.41, 5.74) is 4.33. The van der Waals surface area contributed by atoms with Gasteiger partial charge < -0.3 is 10.6 Å². The van der Waals surface area contributed by atoms with E-state index in [1.165, 1.54) is 0 Å². The van der Waals surface area contributed by atoms with Crippen LogP contribution in [-0.4, -0.2) is 10.9 Å². The number of rotatable bonds is 3. The van der Waals surface area contributed by atoms with Gasteiger partial charge in [-0.15, -0.1) is 0 Å². The Morgan fingerprint density at radius 1 is 1.04 bits per heavy atom. The van der Waals surface area contributed by atoms with Gasteiger partial charge in [0, 0.05) is 22.7 Å². The van der Waals surface area contributed by atoms with Crippen LogP contribution in [0.2, 0.25) is 0 Å². The lowest BCUT2D eigenvalue weighted by Crippen LogP contribution is -2.23. The van der Waals surface area contributed by atoms with Crippen molar-refractivity contribution in [1.29, 1.82) is 10.5 Å². The summed E-state index contributed by atoms with van der Waals surface area (Å²) in [6.45, 7) is 5.47. The Morgan fingerprint density at radius 3 is 2.29 bits per heavy atom. The Hall–Kier alpha value is -3.90. The van der Waals surface area contributed by atoms with Crippen LogP contribution in [-0.2, 0) is 0 Å². The first-order valence-corrected chi connectivity index (χ1v) is 8.78. The fourth-order valence-corrected chi connectivity index (χ4v) is 3.28. The minimum absolute atomic E-state index is 0.299. The van der Waals surface area contributed by atoms with Crippen LogP contribution in [0.1, 0.15) is 41.4 Å². The molecule has 1 amide bonds. The second-order valence-corrected chi connectivity index (χ2v) is 6.60. The van der Waals surface area contributed by atoms with Gasteiger partial charge in [-0.1, -0.05) is 18.2 Å². The highest BCUT2D eigenvalue weighted by molar-refractivity contribution is 6.03. The minimum Gasteiger partial charge on any atom is -0.361 e. The third-order valence-electron chi connectivity index (χ3n) is 4.61. The molecule has 0 radical (unpaired) electrons. The number of carbonyl (C=O) groups is 1. The molecular weight excluding hydrogens is 350 g/mol. The van der Waals surface area contributed by atoms with Crippen molar-refractivity contribution < 1.29 is 4.79 Å². The van der Waals surface area contributed by atoms with Crippen LogP contribution < -0.4 is 10.6 Å². The van der Waals surface area contributed by atoms with Crippen LogP contribution in [0.5, 0.6) is 0 Å². The molecule has 3 rings (SSSR count). The van der Waals surface area contributed by atoms with E-state index in [9.17, 15) is 15.3 Å². The maximum atomic E-state index is 12.7. The lowest BCUT2D eigenvalue weighted by Gasteiger charge is -2.26. The molecule has 0 bridgehead atoms. The molecule has 138 valence electrons. The number of allylic oxidation sites excluding steroid dienone is 4. The Kier molecular flexibility index (Phi) is 5.24. The van der Waals surface area contributed by atoms with E-state index in [0.29, 0.717) is 33.9 Å². The number of aromatic nitrogens is 1. The lowest BCUT2D eigenvalue weighted by atomic mass is 9.81. The molecule has 2 N–H and O–H groups in total. The molecule has 1 aromatic heterocycles. The monoisotopic (exact) mass is 369 g/mol. The molecule has 1 aliphatic rings. The van der Waals surface area contributed by atoms with Crippen molar-refractivity contribution in [2.75, 3.05) is 5.32 Å². The fourth-order valence-electron chi connectivity index (χ4n) is 3.28. The van der Waals surface area contributed by atoms with Gasteiger partial charge in [-0.25, -0.2) is 4.98 Å². The number of nitrogens with zero attached hydrogens (tertiary/aromatic N) is 3. The molecular formula is C22H19N5O. The number of hydrogen-bond donors (Lipinski definition) is 2. The number of nitriles is 2. The number of benzene rings is 1. The number of hydrogen-bond acceptors (Lipinski definition) is 5. The van der Waals surface area contributed by atoms with Crippen molar-refractivity contribution >= 4 is 11.7 Å². The van der Waals surface area contributed by atoms with Gasteiger partial charge in [0.2, 0.25) is 0 Å². The van der Waals surface area contributed by atoms with E-state index in [0.717, 1.165) is 11.3 Å². The van der Waals surface area contributed by atoms with Gasteiger partial charge in [0.05, 0.1) is 29.2 Å². The first kappa shape index (κ1) is 18.9. The zero-order chi connectivity index (χ0) is 20.3. The van der Waals surface area contributed by atoms with Crippen LogP contribution in [0.4, 0.5) is 5.82 Å². The predicted molar refractivity (Wildman–Crippen MR) is 106 cm³/mol. The average molecular weight is 369 g/mol. The summed E-state index contributed by atoms with van der Waals surface area (Å²) >= 11 is 0. The number of pyridine rings is 1. The molecule has 0 fully saturated rings. The van der Waals surface area contributed by atoms with Gasteiger partial charge >= 0.3 is 0 Å². The van der Waals surface area contributed by atoms with E-state index in [4.69, 9.17) is 0 Å². The summed E-state index contributed by atoms with van der Waals surface area (Å²) in [7, 11) is 0. The van der Waals surface area contributed by atoms with Crippen molar-refractivity contribution in [2.45, 2.75) is 26.7 Å². The van der Waals surface area contributed by atoms with Gasteiger partial charge in [0.15, 0.2) is 0 Å². The molecule has 28 heavy (non-hydrogen) atoms.